The van der Waals surface area contributed by atoms with Crippen molar-refractivity contribution in [3.8, 4) is 0 Å². The SMILES string of the molecule is CN1C(N)OCC1(C)CCOC1CCCC=CC(C)(C)CC1. The van der Waals surface area contributed by atoms with Crippen LogP contribution in [-0.2, 0) is 9.47 Å². The normalized spacial score (nSPS) is 36.8. The van der Waals surface area contributed by atoms with Gasteiger partial charge in [0.05, 0.1) is 12.7 Å². The Labute approximate surface area is 136 Å². The van der Waals surface area contributed by atoms with Crippen LogP contribution in [0.2, 0.25) is 0 Å². The van der Waals surface area contributed by atoms with Crippen molar-refractivity contribution in [2.45, 2.75) is 77.3 Å². The van der Waals surface area contributed by atoms with E-state index in [1.165, 1.54) is 25.7 Å². The lowest BCUT2D eigenvalue weighted by atomic mass is 9.86. The summed E-state index contributed by atoms with van der Waals surface area (Å²) in [6.45, 7) is 8.32. The lowest BCUT2D eigenvalue weighted by Crippen LogP contribution is -2.47. The molecule has 1 saturated heterocycles. The first-order valence-electron chi connectivity index (χ1n) is 8.72. The first-order chi connectivity index (χ1) is 10.3. The molecule has 2 rings (SSSR count). The summed E-state index contributed by atoms with van der Waals surface area (Å²) in [5.74, 6) is 0. The number of nitrogens with zero attached hydrogens (tertiary/aromatic N) is 1. The van der Waals surface area contributed by atoms with E-state index in [1.54, 1.807) is 0 Å². The molecule has 2 aliphatic rings. The molecule has 0 radical (unpaired) electrons. The topological polar surface area (TPSA) is 47.7 Å². The van der Waals surface area contributed by atoms with Gasteiger partial charge in [0.1, 0.15) is 0 Å². The van der Waals surface area contributed by atoms with Crippen molar-refractivity contribution in [2.24, 2.45) is 11.1 Å². The molecule has 128 valence electrons. The largest absolute Gasteiger partial charge is 0.378 e. The number of ether oxygens (including phenoxy) is 2. The monoisotopic (exact) mass is 310 g/mol. The molecule has 0 spiro atoms. The molecule has 0 aromatic carbocycles. The van der Waals surface area contributed by atoms with Crippen LogP contribution in [0.3, 0.4) is 0 Å². The second kappa shape index (κ2) is 7.43. The molecule has 0 aromatic heterocycles. The van der Waals surface area contributed by atoms with Crippen LogP contribution in [0.5, 0.6) is 0 Å². The highest BCUT2D eigenvalue weighted by Crippen LogP contribution is 2.30. The van der Waals surface area contributed by atoms with Gasteiger partial charge in [0.15, 0.2) is 6.35 Å². The standard InChI is InChI=1S/C18H34N2O2/c1-17(2)10-7-5-6-8-15(9-11-17)21-13-12-18(3)14-22-16(19)20(18)4/h7,10,15-16H,5-6,8-9,11-14,19H2,1-4H3. The van der Waals surface area contributed by atoms with E-state index in [0.717, 1.165) is 19.4 Å². The number of allylic oxidation sites excluding steroid dienone is 2. The van der Waals surface area contributed by atoms with Gasteiger partial charge in [-0.15, -0.1) is 0 Å². The Bertz CT molecular complexity index is 383. The first-order valence-corrected chi connectivity index (χ1v) is 8.72. The first kappa shape index (κ1) is 17.9. The Morgan fingerprint density at radius 2 is 2.09 bits per heavy atom. The Balaban J connectivity index is 1.78. The number of nitrogens with two attached hydrogens (primary N) is 1. The third-order valence-corrected chi connectivity index (χ3v) is 5.37. The van der Waals surface area contributed by atoms with Gasteiger partial charge in [-0.25, -0.2) is 0 Å². The molecule has 0 amide bonds. The zero-order chi connectivity index (χ0) is 16.2. The minimum Gasteiger partial charge on any atom is -0.378 e. The van der Waals surface area contributed by atoms with Gasteiger partial charge < -0.3 is 9.47 Å². The predicted molar refractivity (Wildman–Crippen MR) is 90.5 cm³/mol. The molecular weight excluding hydrogens is 276 g/mol. The van der Waals surface area contributed by atoms with Crippen molar-refractivity contribution in [1.29, 1.82) is 0 Å². The van der Waals surface area contributed by atoms with Gasteiger partial charge in [-0.1, -0.05) is 26.0 Å². The molecule has 1 aliphatic carbocycles. The van der Waals surface area contributed by atoms with Crippen molar-refractivity contribution in [3.63, 3.8) is 0 Å². The lowest BCUT2D eigenvalue weighted by molar-refractivity contribution is 0.0101. The summed E-state index contributed by atoms with van der Waals surface area (Å²) in [5, 5.41) is 0. The van der Waals surface area contributed by atoms with Crippen LogP contribution in [0.15, 0.2) is 12.2 Å². The average molecular weight is 310 g/mol. The summed E-state index contributed by atoms with van der Waals surface area (Å²) >= 11 is 0. The Hall–Kier alpha value is -0.420. The smallest absolute Gasteiger partial charge is 0.163 e. The van der Waals surface area contributed by atoms with Gasteiger partial charge in [0.2, 0.25) is 0 Å². The molecular formula is C18H34N2O2. The van der Waals surface area contributed by atoms with E-state index in [-0.39, 0.29) is 11.9 Å². The summed E-state index contributed by atoms with van der Waals surface area (Å²) in [7, 11) is 2.03. The Kier molecular flexibility index (Phi) is 6.06. The van der Waals surface area contributed by atoms with Crippen molar-refractivity contribution >= 4 is 0 Å². The van der Waals surface area contributed by atoms with Crippen LogP contribution in [0.4, 0.5) is 0 Å². The number of likely N-dealkylation sites (N-methyl/N-ethyl adjacent to an activating group) is 1. The summed E-state index contributed by atoms with van der Waals surface area (Å²) in [5.41, 5.74) is 6.20. The molecule has 0 saturated carbocycles. The average Bonchev–Trinajstić information content (AvgIpc) is 2.75. The van der Waals surface area contributed by atoms with Gasteiger partial charge in [-0.3, -0.25) is 10.6 Å². The second-order valence-corrected chi connectivity index (χ2v) is 7.91. The van der Waals surface area contributed by atoms with Crippen LogP contribution in [0, 0.1) is 5.41 Å². The lowest BCUT2D eigenvalue weighted by Gasteiger charge is -2.32. The predicted octanol–water partition coefficient (Wildman–Crippen LogP) is 3.27. The van der Waals surface area contributed by atoms with Crippen LogP contribution >= 0.6 is 0 Å². The van der Waals surface area contributed by atoms with E-state index in [0.29, 0.717) is 18.1 Å². The zero-order valence-electron chi connectivity index (χ0n) is 14.8. The van der Waals surface area contributed by atoms with Crippen LogP contribution in [0.25, 0.3) is 0 Å². The molecule has 4 nitrogen and oxygen atoms in total. The minimum atomic E-state index is -0.276. The fraction of sp³-hybridized carbons (Fsp3) is 0.889. The third kappa shape index (κ3) is 4.79. The summed E-state index contributed by atoms with van der Waals surface area (Å²) in [6.07, 6.45) is 11.7. The van der Waals surface area contributed by atoms with E-state index in [4.69, 9.17) is 15.2 Å². The molecule has 0 bridgehead atoms. The molecule has 0 aromatic rings. The van der Waals surface area contributed by atoms with Crippen LogP contribution in [-0.4, -0.2) is 43.2 Å². The fourth-order valence-electron chi connectivity index (χ4n) is 3.27. The van der Waals surface area contributed by atoms with Gasteiger partial charge in [0.25, 0.3) is 0 Å². The third-order valence-electron chi connectivity index (χ3n) is 5.37. The molecule has 22 heavy (non-hydrogen) atoms. The fourth-order valence-corrected chi connectivity index (χ4v) is 3.27. The second-order valence-electron chi connectivity index (χ2n) is 7.91. The van der Waals surface area contributed by atoms with Gasteiger partial charge in [-0.2, -0.15) is 0 Å². The maximum Gasteiger partial charge on any atom is 0.163 e. The zero-order valence-corrected chi connectivity index (χ0v) is 14.8. The van der Waals surface area contributed by atoms with Crippen molar-refractivity contribution in [2.75, 3.05) is 20.3 Å². The van der Waals surface area contributed by atoms with Crippen molar-refractivity contribution < 1.29 is 9.47 Å². The quantitative estimate of drug-likeness (QED) is 0.810. The molecule has 3 unspecified atom stereocenters. The maximum absolute atomic E-state index is 6.23. The van der Waals surface area contributed by atoms with Gasteiger partial charge in [0, 0.05) is 12.1 Å². The highest BCUT2D eigenvalue weighted by molar-refractivity contribution is 4.96. The summed E-state index contributed by atoms with van der Waals surface area (Å²) in [6, 6.07) is 0. The van der Waals surface area contributed by atoms with Gasteiger partial charge >= 0.3 is 0 Å². The number of hydrogen-bond acceptors (Lipinski definition) is 4. The molecule has 4 heteroatoms. The molecule has 2 N–H and O–H groups in total. The summed E-state index contributed by atoms with van der Waals surface area (Å²) in [4.78, 5) is 2.12. The van der Waals surface area contributed by atoms with E-state index in [2.05, 4.69) is 37.8 Å². The van der Waals surface area contributed by atoms with E-state index in [1.807, 2.05) is 7.05 Å². The number of rotatable bonds is 4. The van der Waals surface area contributed by atoms with E-state index >= 15 is 0 Å². The van der Waals surface area contributed by atoms with Crippen molar-refractivity contribution in [3.05, 3.63) is 12.2 Å². The van der Waals surface area contributed by atoms with E-state index in [9.17, 15) is 0 Å². The molecule has 1 aliphatic heterocycles. The molecule has 1 fully saturated rings. The Morgan fingerprint density at radius 1 is 1.32 bits per heavy atom. The minimum absolute atomic E-state index is 0.00124. The molecule has 3 atom stereocenters. The van der Waals surface area contributed by atoms with Crippen molar-refractivity contribution in [1.82, 2.24) is 4.90 Å². The van der Waals surface area contributed by atoms with Crippen LogP contribution in [0.1, 0.15) is 59.3 Å². The molecule has 1 heterocycles. The van der Waals surface area contributed by atoms with Gasteiger partial charge in [-0.05, 0) is 57.9 Å². The van der Waals surface area contributed by atoms with E-state index < -0.39 is 0 Å². The van der Waals surface area contributed by atoms with Crippen LogP contribution < -0.4 is 5.73 Å². The number of hydrogen-bond donors (Lipinski definition) is 1. The highest BCUT2D eigenvalue weighted by atomic mass is 16.5. The maximum atomic E-state index is 6.23. The Morgan fingerprint density at radius 3 is 2.77 bits per heavy atom. The highest BCUT2D eigenvalue weighted by Gasteiger charge is 2.39. The summed E-state index contributed by atoms with van der Waals surface area (Å²) < 4.78 is 11.8.